The molecule has 0 radical (unpaired) electrons. The predicted octanol–water partition coefficient (Wildman–Crippen LogP) is 1.44. The van der Waals surface area contributed by atoms with Crippen molar-refractivity contribution in [2.75, 3.05) is 0 Å². The third-order valence-electron chi connectivity index (χ3n) is 4.76. The number of nitrogens with one attached hydrogen (secondary N) is 1. The molecule has 4 aromatic carbocycles. The van der Waals surface area contributed by atoms with Gasteiger partial charge in [0.15, 0.2) is 0 Å². The van der Waals surface area contributed by atoms with Crippen LogP contribution in [0, 0.1) is 0 Å². The smallest absolute Gasteiger partial charge is 0.296 e. The standard InChI is InChI=1S/C24H21NO2P2.Li/c26-28(21-13-5-1-6-14-21,22-15-7-2-8-16-22)25-29(27,23-17-9-3-10-18-23)24-19-11-4-12-20-24;/h1-20H,(H,25,26,27);/q;+1. The van der Waals surface area contributed by atoms with Crippen molar-refractivity contribution in [3.05, 3.63) is 121 Å². The fraction of sp³-hybridized carbons (Fsp3) is 0. The molecule has 0 aliphatic rings. The van der Waals surface area contributed by atoms with Gasteiger partial charge in [-0.3, -0.25) is 9.13 Å². The Bertz CT molecular complexity index is 989. The molecule has 0 bridgehead atoms. The normalized spacial score (nSPS) is 11.5. The van der Waals surface area contributed by atoms with E-state index in [1.54, 1.807) is 0 Å². The summed E-state index contributed by atoms with van der Waals surface area (Å²) in [6.07, 6.45) is 0. The van der Waals surface area contributed by atoms with E-state index in [0.717, 1.165) is 0 Å². The van der Waals surface area contributed by atoms with Crippen molar-refractivity contribution in [1.82, 2.24) is 4.86 Å². The maximum Gasteiger partial charge on any atom is 1.00 e. The molecular formula is C24H21LiNO2P2+. The summed E-state index contributed by atoms with van der Waals surface area (Å²) in [7, 11) is -6.78. The first kappa shape index (κ1) is 22.6. The van der Waals surface area contributed by atoms with Gasteiger partial charge < -0.3 is 0 Å². The summed E-state index contributed by atoms with van der Waals surface area (Å²) in [6, 6.07) is 36.9. The van der Waals surface area contributed by atoms with Crippen molar-refractivity contribution >= 4 is 35.8 Å². The molecule has 0 atom stereocenters. The van der Waals surface area contributed by atoms with Crippen LogP contribution in [0.5, 0.6) is 0 Å². The average Bonchev–Trinajstić information content (AvgIpc) is 2.81. The molecule has 30 heavy (non-hydrogen) atoms. The van der Waals surface area contributed by atoms with Crippen molar-refractivity contribution in [1.29, 1.82) is 0 Å². The molecule has 0 spiro atoms. The fourth-order valence-electron chi connectivity index (χ4n) is 3.28. The molecule has 0 aliphatic carbocycles. The van der Waals surface area contributed by atoms with Crippen molar-refractivity contribution in [3.63, 3.8) is 0 Å². The molecule has 1 N–H and O–H groups in total. The van der Waals surface area contributed by atoms with E-state index in [1.165, 1.54) is 0 Å². The molecule has 0 aromatic heterocycles. The summed E-state index contributed by atoms with van der Waals surface area (Å²) in [5.74, 6) is 0. The first-order valence-electron chi connectivity index (χ1n) is 9.35. The molecule has 0 aliphatic heterocycles. The zero-order valence-corrected chi connectivity index (χ0v) is 18.5. The van der Waals surface area contributed by atoms with Crippen LogP contribution in [0.4, 0.5) is 0 Å². The van der Waals surface area contributed by atoms with Crippen LogP contribution in [0.15, 0.2) is 121 Å². The summed E-state index contributed by atoms with van der Waals surface area (Å²) >= 11 is 0. The Morgan fingerprint density at radius 1 is 0.400 bits per heavy atom. The van der Waals surface area contributed by atoms with Crippen LogP contribution in [-0.2, 0) is 9.13 Å². The zero-order valence-electron chi connectivity index (χ0n) is 16.8. The van der Waals surface area contributed by atoms with E-state index in [9.17, 15) is 9.13 Å². The first-order chi connectivity index (χ1) is 14.1. The van der Waals surface area contributed by atoms with Gasteiger partial charge in [-0.05, 0) is 48.5 Å². The number of rotatable bonds is 6. The quantitative estimate of drug-likeness (QED) is 0.377. The van der Waals surface area contributed by atoms with Crippen LogP contribution in [0.2, 0.25) is 0 Å². The van der Waals surface area contributed by atoms with Crippen LogP contribution < -0.4 is 44.9 Å². The van der Waals surface area contributed by atoms with E-state index in [1.807, 2.05) is 121 Å². The molecule has 3 nitrogen and oxygen atoms in total. The first-order valence-corrected chi connectivity index (χ1v) is 12.8. The molecule has 0 saturated heterocycles. The Morgan fingerprint density at radius 3 is 0.800 bits per heavy atom. The minimum absolute atomic E-state index is 0. The maximum absolute atomic E-state index is 14.5. The topological polar surface area (TPSA) is 46.2 Å². The Hall–Kier alpha value is -2.10. The van der Waals surface area contributed by atoms with Crippen LogP contribution in [0.25, 0.3) is 0 Å². The van der Waals surface area contributed by atoms with Gasteiger partial charge >= 0.3 is 18.9 Å². The second-order valence-electron chi connectivity index (χ2n) is 6.66. The minimum atomic E-state index is -3.39. The maximum atomic E-state index is 14.5. The van der Waals surface area contributed by atoms with E-state index < -0.39 is 14.6 Å². The van der Waals surface area contributed by atoms with Crippen LogP contribution in [0.3, 0.4) is 0 Å². The van der Waals surface area contributed by atoms with Gasteiger partial charge in [-0.25, -0.2) is 4.86 Å². The van der Waals surface area contributed by atoms with Gasteiger partial charge in [0.25, 0.3) is 0 Å². The number of hydrogen-bond donors (Lipinski definition) is 1. The Kier molecular flexibility index (Phi) is 7.38. The zero-order chi connectivity index (χ0) is 20.2. The van der Waals surface area contributed by atoms with Gasteiger partial charge in [0, 0.05) is 21.2 Å². The SMILES string of the molecule is O=P(NP(=O)(c1ccccc1)c1ccccc1)(c1ccccc1)c1ccccc1.[Li+]. The number of benzene rings is 4. The third kappa shape index (κ3) is 4.47. The van der Waals surface area contributed by atoms with Crippen molar-refractivity contribution in [2.24, 2.45) is 0 Å². The van der Waals surface area contributed by atoms with Gasteiger partial charge in [-0.15, -0.1) is 0 Å². The van der Waals surface area contributed by atoms with Gasteiger partial charge in [0.2, 0.25) is 14.6 Å². The molecule has 4 aromatic rings. The Morgan fingerprint density at radius 2 is 0.600 bits per heavy atom. The number of hydrogen-bond acceptors (Lipinski definition) is 2. The van der Waals surface area contributed by atoms with Crippen molar-refractivity contribution < 1.29 is 28.0 Å². The Labute approximate surface area is 189 Å². The Balaban J connectivity index is 0.00000256. The molecule has 0 unspecified atom stereocenters. The van der Waals surface area contributed by atoms with Gasteiger partial charge in [0.1, 0.15) is 0 Å². The van der Waals surface area contributed by atoms with E-state index in [0.29, 0.717) is 21.2 Å². The van der Waals surface area contributed by atoms with Crippen molar-refractivity contribution in [3.8, 4) is 0 Å². The molecule has 0 saturated carbocycles. The molecule has 0 amide bonds. The van der Waals surface area contributed by atoms with Crippen LogP contribution in [0.1, 0.15) is 0 Å². The monoisotopic (exact) mass is 424 g/mol. The fourth-order valence-corrected chi connectivity index (χ4v) is 9.68. The third-order valence-corrected chi connectivity index (χ3v) is 11.1. The van der Waals surface area contributed by atoms with E-state index in [2.05, 4.69) is 4.86 Å². The second kappa shape index (κ2) is 9.80. The summed E-state index contributed by atoms with van der Waals surface area (Å²) < 4.78 is 29.0. The molecule has 144 valence electrons. The van der Waals surface area contributed by atoms with E-state index in [-0.39, 0.29) is 18.9 Å². The van der Waals surface area contributed by atoms with Gasteiger partial charge in [-0.1, -0.05) is 72.8 Å². The van der Waals surface area contributed by atoms with Gasteiger partial charge in [-0.2, -0.15) is 0 Å². The second-order valence-corrected chi connectivity index (χ2v) is 12.0. The minimum Gasteiger partial charge on any atom is -0.296 e. The molecule has 4 rings (SSSR count). The van der Waals surface area contributed by atoms with E-state index >= 15 is 0 Å². The van der Waals surface area contributed by atoms with E-state index in [4.69, 9.17) is 0 Å². The summed E-state index contributed by atoms with van der Waals surface area (Å²) in [5, 5.41) is 2.49. The van der Waals surface area contributed by atoms with Gasteiger partial charge in [0.05, 0.1) is 0 Å². The van der Waals surface area contributed by atoms with Crippen LogP contribution >= 0.6 is 14.6 Å². The predicted molar refractivity (Wildman–Crippen MR) is 123 cm³/mol. The van der Waals surface area contributed by atoms with Crippen LogP contribution in [-0.4, -0.2) is 0 Å². The largest absolute Gasteiger partial charge is 1.00 e. The molecule has 6 heteroatoms. The van der Waals surface area contributed by atoms with Crippen molar-refractivity contribution in [2.45, 2.75) is 0 Å². The molecule has 0 heterocycles. The summed E-state index contributed by atoms with van der Waals surface area (Å²) in [5.41, 5.74) is 0. The average molecular weight is 424 g/mol. The molecule has 0 fully saturated rings. The molecular weight excluding hydrogens is 403 g/mol. The summed E-state index contributed by atoms with van der Waals surface area (Å²) in [4.78, 5) is 3.18. The summed E-state index contributed by atoms with van der Waals surface area (Å²) in [6.45, 7) is 0.